The van der Waals surface area contributed by atoms with Gasteiger partial charge in [-0.1, -0.05) is 0 Å². The van der Waals surface area contributed by atoms with Gasteiger partial charge < -0.3 is 4.74 Å². The number of Topliss-reactive ketones (excluding diaryl/α,β-unsaturated/α-hetero) is 1. The first-order chi connectivity index (χ1) is 6.55. The van der Waals surface area contributed by atoms with E-state index in [2.05, 4.69) is 4.98 Å². The highest BCUT2D eigenvalue weighted by Crippen LogP contribution is 2.16. The van der Waals surface area contributed by atoms with Gasteiger partial charge in [0.1, 0.15) is 0 Å². The van der Waals surface area contributed by atoms with E-state index in [1.807, 2.05) is 13.8 Å². The minimum atomic E-state index is -0.410. The molecule has 0 unspecified atom stereocenters. The lowest BCUT2D eigenvalue weighted by Crippen LogP contribution is -2.26. The average molecular weight is 193 g/mol. The number of nitrogens with zero attached hydrogens (tertiary/aromatic N) is 1. The molecule has 0 fully saturated rings. The normalized spacial score (nSPS) is 11.4. The zero-order chi connectivity index (χ0) is 10.6. The van der Waals surface area contributed by atoms with E-state index in [9.17, 15) is 4.79 Å². The molecule has 1 aromatic heterocycles. The Labute approximate surface area is 84.1 Å². The molecule has 76 valence electrons. The van der Waals surface area contributed by atoms with Crippen molar-refractivity contribution in [2.24, 2.45) is 0 Å². The van der Waals surface area contributed by atoms with Crippen molar-refractivity contribution in [2.45, 2.75) is 25.9 Å². The molecule has 3 nitrogen and oxygen atoms in total. The molecule has 0 aromatic carbocycles. The van der Waals surface area contributed by atoms with E-state index < -0.39 is 5.60 Å². The first kappa shape index (κ1) is 10.9. The van der Waals surface area contributed by atoms with Gasteiger partial charge in [0.25, 0.3) is 0 Å². The minimum Gasteiger partial charge on any atom is -0.378 e. The number of rotatable bonds is 4. The van der Waals surface area contributed by atoms with Crippen LogP contribution in [0.15, 0.2) is 24.5 Å². The van der Waals surface area contributed by atoms with E-state index in [4.69, 9.17) is 4.74 Å². The van der Waals surface area contributed by atoms with Crippen LogP contribution in [0.4, 0.5) is 0 Å². The van der Waals surface area contributed by atoms with Crippen LogP contribution in [0.1, 0.15) is 30.6 Å². The van der Waals surface area contributed by atoms with Gasteiger partial charge in [0.05, 0.1) is 5.60 Å². The molecule has 0 spiro atoms. The first-order valence-electron chi connectivity index (χ1n) is 4.53. The number of ketones is 1. The Morgan fingerprint density at radius 1 is 1.57 bits per heavy atom. The molecule has 0 saturated heterocycles. The summed E-state index contributed by atoms with van der Waals surface area (Å²) in [7, 11) is 1.61. The summed E-state index contributed by atoms with van der Waals surface area (Å²) in [6, 6.07) is 3.52. The van der Waals surface area contributed by atoms with Crippen LogP contribution in [-0.4, -0.2) is 23.5 Å². The van der Waals surface area contributed by atoms with Gasteiger partial charge in [-0.25, -0.2) is 0 Å². The molecule has 0 aliphatic heterocycles. The highest BCUT2D eigenvalue weighted by Gasteiger charge is 2.21. The second-order valence-electron chi connectivity index (χ2n) is 3.81. The van der Waals surface area contributed by atoms with E-state index >= 15 is 0 Å². The Hall–Kier alpha value is -1.22. The van der Waals surface area contributed by atoms with Gasteiger partial charge in [0.15, 0.2) is 5.78 Å². The Morgan fingerprint density at radius 2 is 2.29 bits per heavy atom. The molecular formula is C11H15NO2. The first-order valence-corrected chi connectivity index (χ1v) is 4.53. The molecule has 0 aliphatic rings. The van der Waals surface area contributed by atoms with Gasteiger partial charge >= 0.3 is 0 Å². The molecular weight excluding hydrogens is 178 g/mol. The van der Waals surface area contributed by atoms with Crippen LogP contribution >= 0.6 is 0 Å². The third kappa shape index (κ3) is 2.92. The third-order valence-corrected chi connectivity index (χ3v) is 2.12. The Bertz CT molecular complexity index is 306. The number of pyridine rings is 1. The molecule has 0 N–H and O–H groups in total. The summed E-state index contributed by atoms with van der Waals surface area (Å²) < 4.78 is 5.19. The van der Waals surface area contributed by atoms with Gasteiger partial charge in [-0.2, -0.15) is 0 Å². The number of carbonyl (C=O) groups excluding carboxylic acids is 1. The van der Waals surface area contributed by atoms with Crippen LogP contribution in [-0.2, 0) is 4.74 Å². The summed E-state index contributed by atoms with van der Waals surface area (Å²) in [4.78, 5) is 15.6. The van der Waals surface area contributed by atoms with Crippen molar-refractivity contribution >= 4 is 5.78 Å². The smallest absolute Gasteiger partial charge is 0.167 e. The fourth-order valence-electron chi connectivity index (χ4n) is 1.09. The SMILES string of the molecule is COC(C)(C)CC(=O)c1cccnc1. The number of methoxy groups -OCH3 is 1. The predicted octanol–water partition coefficient (Wildman–Crippen LogP) is 2.08. The molecule has 0 atom stereocenters. The molecule has 1 rings (SSSR count). The molecule has 0 bridgehead atoms. The highest BCUT2D eigenvalue weighted by molar-refractivity contribution is 5.96. The van der Waals surface area contributed by atoms with E-state index in [1.165, 1.54) is 0 Å². The molecule has 0 aliphatic carbocycles. The van der Waals surface area contributed by atoms with Crippen molar-refractivity contribution in [3.63, 3.8) is 0 Å². The number of carbonyl (C=O) groups is 1. The lowest BCUT2D eigenvalue weighted by molar-refractivity contribution is 0.0172. The Kier molecular flexibility index (Phi) is 3.36. The number of hydrogen-bond acceptors (Lipinski definition) is 3. The number of aromatic nitrogens is 1. The topological polar surface area (TPSA) is 39.2 Å². The second-order valence-corrected chi connectivity index (χ2v) is 3.81. The molecule has 0 radical (unpaired) electrons. The molecule has 1 aromatic rings. The van der Waals surface area contributed by atoms with Gasteiger partial charge in [-0.15, -0.1) is 0 Å². The number of ether oxygens (including phenoxy) is 1. The Morgan fingerprint density at radius 3 is 2.79 bits per heavy atom. The minimum absolute atomic E-state index is 0.0601. The molecule has 3 heteroatoms. The molecule has 1 heterocycles. The van der Waals surface area contributed by atoms with Crippen LogP contribution in [0, 0.1) is 0 Å². The maximum absolute atomic E-state index is 11.7. The van der Waals surface area contributed by atoms with Gasteiger partial charge in [-0.05, 0) is 26.0 Å². The summed E-state index contributed by atoms with van der Waals surface area (Å²) in [5.41, 5.74) is 0.227. The third-order valence-electron chi connectivity index (χ3n) is 2.12. The zero-order valence-corrected chi connectivity index (χ0v) is 8.78. The van der Waals surface area contributed by atoms with Crippen molar-refractivity contribution in [3.8, 4) is 0 Å². The van der Waals surface area contributed by atoms with E-state index in [1.54, 1.807) is 31.6 Å². The van der Waals surface area contributed by atoms with Crippen molar-refractivity contribution in [1.82, 2.24) is 4.98 Å². The Balaban J connectivity index is 2.69. The van der Waals surface area contributed by atoms with E-state index in [0.29, 0.717) is 12.0 Å². The summed E-state index contributed by atoms with van der Waals surface area (Å²) in [5, 5.41) is 0. The molecule has 14 heavy (non-hydrogen) atoms. The van der Waals surface area contributed by atoms with Crippen LogP contribution in [0.5, 0.6) is 0 Å². The van der Waals surface area contributed by atoms with Gasteiger partial charge in [0.2, 0.25) is 0 Å². The maximum atomic E-state index is 11.7. The van der Waals surface area contributed by atoms with E-state index in [0.717, 1.165) is 0 Å². The largest absolute Gasteiger partial charge is 0.378 e. The lowest BCUT2D eigenvalue weighted by Gasteiger charge is -2.21. The summed E-state index contributed by atoms with van der Waals surface area (Å²) in [6.45, 7) is 3.78. The summed E-state index contributed by atoms with van der Waals surface area (Å²) in [5.74, 6) is 0.0601. The molecule has 0 amide bonds. The average Bonchev–Trinajstić information content (AvgIpc) is 2.19. The second kappa shape index (κ2) is 4.33. The van der Waals surface area contributed by atoms with Crippen LogP contribution in [0.3, 0.4) is 0 Å². The summed E-state index contributed by atoms with van der Waals surface area (Å²) in [6.07, 6.45) is 3.60. The monoisotopic (exact) mass is 193 g/mol. The van der Waals surface area contributed by atoms with Crippen molar-refractivity contribution < 1.29 is 9.53 Å². The van der Waals surface area contributed by atoms with Crippen LogP contribution < -0.4 is 0 Å². The van der Waals surface area contributed by atoms with E-state index in [-0.39, 0.29) is 5.78 Å². The maximum Gasteiger partial charge on any atom is 0.167 e. The van der Waals surface area contributed by atoms with Gasteiger partial charge in [0, 0.05) is 31.5 Å². The van der Waals surface area contributed by atoms with Gasteiger partial charge in [-0.3, -0.25) is 9.78 Å². The standard InChI is InChI=1S/C11H15NO2/c1-11(2,14-3)7-10(13)9-5-4-6-12-8-9/h4-6,8H,7H2,1-3H3. The molecule has 0 saturated carbocycles. The number of hydrogen-bond donors (Lipinski definition) is 0. The highest BCUT2D eigenvalue weighted by atomic mass is 16.5. The summed E-state index contributed by atoms with van der Waals surface area (Å²) >= 11 is 0. The van der Waals surface area contributed by atoms with Crippen molar-refractivity contribution in [3.05, 3.63) is 30.1 Å². The lowest BCUT2D eigenvalue weighted by atomic mass is 9.98. The van der Waals surface area contributed by atoms with Crippen LogP contribution in [0.25, 0.3) is 0 Å². The van der Waals surface area contributed by atoms with Crippen LogP contribution in [0.2, 0.25) is 0 Å². The zero-order valence-electron chi connectivity index (χ0n) is 8.78. The predicted molar refractivity (Wildman–Crippen MR) is 54.3 cm³/mol. The van der Waals surface area contributed by atoms with Crippen molar-refractivity contribution in [1.29, 1.82) is 0 Å². The fourth-order valence-corrected chi connectivity index (χ4v) is 1.09. The fraction of sp³-hybridized carbons (Fsp3) is 0.455. The quantitative estimate of drug-likeness (QED) is 0.687. The van der Waals surface area contributed by atoms with Crippen molar-refractivity contribution in [2.75, 3.05) is 7.11 Å².